The molecule has 0 aliphatic carbocycles. The fourth-order valence-corrected chi connectivity index (χ4v) is 2.58. The van der Waals surface area contributed by atoms with Gasteiger partial charge in [0.2, 0.25) is 5.91 Å². The Bertz CT molecular complexity index is 259. The van der Waals surface area contributed by atoms with Gasteiger partial charge in [0.05, 0.1) is 6.10 Å². The second-order valence-corrected chi connectivity index (χ2v) is 5.41. The van der Waals surface area contributed by atoms with Crippen LogP contribution in [0.4, 0.5) is 0 Å². The molecule has 0 saturated carbocycles. The Morgan fingerprint density at radius 2 is 1.94 bits per heavy atom. The summed E-state index contributed by atoms with van der Waals surface area (Å²) in [5, 5.41) is 6.36. The molecule has 2 aliphatic heterocycles. The number of carbonyl (C=O) groups is 1. The summed E-state index contributed by atoms with van der Waals surface area (Å²) >= 11 is 0. The average molecular weight is 255 g/mol. The van der Waals surface area contributed by atoms with Crippen LogP contribution in [0.5, 0.6) is 0 Å². The molecule has 0 spiro atoms. The molecule has 2 aliphatic rings. The lowest BCUT2D eigenvalue weighted by Gasteiger charge is -2.29. The van der Waals surface area contributed by atoms with Crippen LogP contribution in [0, 0.1) is 0 Å². The van der Waals surface area contributed by atoms with Gasteiger partial charge in [0.25, 0.3) is 0 Å². The van der Waals surface area contributed by atoms with Crippen molar-refractivity contribution in [3.63, 3.8) is 0 Å². The van der Waals surface area contributed by atoms with E-state index in [1.165, 1.54) is 0 Å². The van der Waals surface area contributed by atoms with E-state index >= 15 is 0 Å². The summed E-state index contributed by atoms with van der Waals surface area (Å²) in [4.78, 5) is 14.1. The van der Waals surface area contributed by atoms with Crippen molar-refractivity contribution in [2.45, 2.75) is 37.8 Å². The summed E-state index contributed by atoms with van der Waals surface area (Å²) in [5.41, 5.74) is 0. The molecule has 18 heavy (non-hydrogen) atoms. The molecule has 104 valence electrons. The van der Waals surface area contributed by atoms with Crippen LogP contribution in [0.2, 0.25) is 0 Å². The molecule has 5 heteroatoms. The molecule has 2 rings (SSSR count). The van der Waals surface area contributed by atoms with Gasteiger partial charge < -0.3 is 20.3 Å². The van der Waals surface area contributed by atoms with E-state index in [0.717, 1.165) is 51.9 Å². The summed E-state index contributed by atoms with van der Waals surface area (Å²) in [6.07, 6.45) is 4.39. The molecule has 0 aromatic rings. The van der Waals surface area contributed by atoms with Gasteiger partial charge in [-0.3, -0.25) is 4.79 Å². The molecule has 0 bridgehead atoms. The van der Waals surface area contributed by atoms with Gasteiger partial charge in [-0.1, -0.05) is 0 Å². The van der Waals surface area contributed by atoms with Gasteiger partial charge in [0.15, 0.2) is 0 Å². The van der Waals surface area contributed by atoms with Crippen LogP contribution in [0.1, 0.15) is 25.7 Å². The minimum atomic E-state index is 0.0445. The minimum absolute atomic E-state index is 0.0445. The van der Waals surface area contributed by atoms with Crippen molar-refractivity contribution >= 4 is 5.91 Å². The first kappa shape index (κ1) is 13.8. The van der Waals surface area contributed by atoms with E-state index in [1.807, 2.05) is 0 Å². The number of ether oxygens (including phenoxy) is 1. The van der Waals surface area contributed by atoms with E-state index in [1.54, 1.807) is 0 Å². The molecule has 0 radical (unpaired) electrons. The lowest BCUT2D eigenvalue weighted by Crippen LogP contribution is -2.45. The van der Waals surface area contributed by atoms with Crippen molar-refractivity contribution in [2.24, 2.45) is 0 Å². The molecule has 0 unspecified atom stereocenters. The van der Waals surface area contributed by atoms with Crippen molar-refractivity contribution in [1.82, 2.24) is 15.5 Å². The topological polar surface area (TPSA) is 53.6 Å². The predicted octanol–water partition coefficient (Wildman–Crippen LogP) is -0.0346. The zero-order chi connectivity index (χ0) is 12.8. The van der Waals surface area contributed by atoms with Crippen molar-refractivity contribution in [3.05, 3.63) is 0 Å². The van der Waals surface area contributed by atoms with E-state index in [0.29, 0.717) is 6.04 Å². The van der Waals surface area contributed by atoms with Crippen LogP contribution in [-0.4, -0.2) is 62.8 Å². The molecular weight excluding hydrogens is 230 g/mol. The van der Waals surface area contributed by atoms with Gasteiger partial charge in [0, 0.05) is 6.04 Å². The van der Waals surface area contributed by atoms with Crippen LogP contribution in [0.3, 0.4) is 0 Å². The molecule has 0 aromatic heterocycles. The number of rotatable bonds is 4. The van der Waals surface area contributed by atoms with Crippen LogP contribution in [-0.2, 0) is 9.53 Å². The van der Waals surface area contributed by atoms with Crippen LogP contribution >= 0.6 is 0 Å². The highest BCUT2D eigenvalue weighted by Crippen LogP contribution is 2.09. The monoisotopic (exact) mass is 255 g/mol. The Morgan fingerprint density at radius 3 is 2.61 bits per heavy atom. The molecule has 5 nitrogen and oxygen atoms in total. The fraction of sp³-hybridized carbons (Fsp3) is 0.923. The Hall–Kier alpha value is -0.650. The van der Waals surface area contributed by atoms with Crippen molar-refractivity contribution in [3.8, 4) is 0 Å². The molecule has 1 amide bonds. The molecule has 2 saturated heterocycles. The lowest BCUT2D eigenvalue weighted by atomic mass is 10.1. The fourth-order valence-electron chi connectivity index (χ4n) is 2.58. The normalized spacial score (nSPS) is 24.1. The third-order valence-corrected chi connectivity index (χ3v) is 3.82. The van der Waals surface area contributed by atoms with Crippen LogP contribution in [0.25, 0.3) is 0 Å². The quantitative estimate of drug-likeness (QED) is 0.740. The molecule has 0 atom stereocenters. The first-order valence-corrected chi connectivity index (χ1v) is 7.04. The number of hydrogen-bond acceptors (Lipinski definition) is 4. The third-order valence-electron chi connectivity index (χ3n) is 3.82. The first-order chi connectivity index (χ1) is 8.74. The maximum absolute atomic E-state index is 11.8. The van der Waals surface area contributed by atoms with E-state index in [4.69, 9.17) is 4.74 Å². The largest absolute Gasteiger partial charge is 0.368 e. The minimum Gasteiger partial charge on any atom is -0.368 e. The number of nitrogens with zero attached hydrogens (tertiary/aromatic N) is 1. The maximum atomic E-state index is 11.8. The number of likely N-dealkylation sites (tertiary alicyclic amines) is 1. The SMILES string of the molecule is CN1CCC(NC(=O)COC2CCNCC2)CC1. The van der Waals surface area contributed by atoms with E-state index < -0.39 is 0 Å². The summed E-state index contributed by atoms with van der Waals surface area (Å²) in [7, 11) is 2.12. The summed E-state index contributed by atoms with van der Waals surface area (Å²) in [5.74, 6) is 0.0445. The standard InChI is InChI=1S/C13H25N3O2/c1-16-8-4-11(5-9-16)15-13(17)10-18-12-2-6-14-7-3-12/h11-12,14H,2-10H2,1H3,(H,15,17). The van der Waals surface area contributed by atoms with Crippen LogP contribution in [0.15, 0.2) is 0 Å². The third kappa shape index (κ3) is 4.55. The average Bonchev–Trinajstić information content (AvgIpc) is 2.40. The molecule has 0 aromatic carbocycles. The Kier molecular flexibility index (Phi) is 5.41. The zero-order valence-corrected chi connectivity index (χ0v) is 11.3. The number of carbonyl (C=O) groups excluding carboxylic acids is 1. The molecule has 2 fully saturated rings. The highest BCUT2D eigenvalue weighted by atomic mass is 16.5. The second kappa shape index (κ2) is 7.07. The highest BCUT2D eigenvalue weighted by molar-refractivity contribution is 5.77. The van der Waals surface area contributed by atoms with Gasteiger partial charge in [-0.25, -0.2) is 0 Å². The Balaban J connectivity index is 1.59. The molecule has 2 heterocycles. The number of hydrogen-bond donors (Lipinski definition) is 2. The number of piperidine rings is 2. The molecule has 2 N–H and O–H groups in total. The Morgan fingerprint density at radius 1 is 1.28 bits per heavy atom. The summed E-state index contributed by atoms with van der Waals surface area (Å²) in [6, 6.07) is 0.338. The Labute approximate surface area is 109 Å². The smallest absolute Gasteiger partial charge is 0.246 e. The number of nitrogens with one attached hydrogen (secondary N) is 2. The van der Waals surface area contributed by atoms with Crippen molar-refractivity contribution in [1.29, 1.82) is 0 Å². The van der Waals surface area contributed by atoms with E-state index in [9.17, 15) is 4.79 Å². The van der Waals surface area contributed by atoms with E-state index in [-0.39, 0.29) is 18.6 Å². The van der Waals surface area contributed by atoms with Crippen molar-refractivity contribution < 1.29 is 9.53 Å². The number of amides is 1. The summed E-state index contributed by atoms with van der Waals surface area (Å²) in [6.45, 7) is 4.36. The highest BCUT2D eigenvalue weighted by Gasteiger charge is 2.19. The van der Waals surface area contributed by atoms with Gasteiger partial charge in [-0.05, 0) is 58.9 Å². The van der Waals surface area contributed by atoms with E-state index in [2.05, 4.69) is 22.6 Å². The predicted molar refractivity (Wildman–Crippen MR) is 70.5 cm³/mol. The first-order valence-electron chi connectivity index (χ1n) is 7.04. The summed E-state index contributed by atoms with van der Waals surface area (Å²) < 4.78 is 5.64. The maximum Gasteiger partial charge on any atom is 0.246 e. The second-order valence-electron chi connectivity index (χ2n) is 5.41. The van der Waals surface area contributed by atoms with Gasteiger partial charge in [-0.2, -0.15) is 0 Å². The van der Waals surface area contributed by atoms with Gasteiger partial charge in [0.1, 0.15) is 6.61 Å². The molecular formula is C13H25N3O2. The van der Waals surface area contributed by atoms with Crippen molar-refractivity contribution in [2.75, 3.05) is 39.8 Å². The lowest BCUT2D eigenvalue weighted by molar-refractivity contribution is -0.129. The van der Waals surface area contributed by atoms with Crippen LogP contribution < -0.4 is 10.6 Å². The van der Waals surface area contributed by atoms with Gasteiger partial charge in [-0.15, -0.1) is 0 Å². The van der Waals surface area contributed by atoms with Gasteiger partial charge >= 0.3 is 0 Å². The zero-order valence-electron chi connectivity index (χ0n) is 11.3.